The van der Waals surface area contributed by atoms with Gasteiger partial charge in [-0.2, -0.15) is 22.7 Å². The first-order chi connectivity index (χ1) is 22.5. The highest BCUT2D eigenvalue weighted by molar-refractivity contribution is 9.10. The molecule has 4 aromatic rings. The van der Waals surface area contributed by atoms with Crippen molar-refractivity contribution < 1.29 is 29.0 Å². The molecule has 0 radical (unpaired) electrons. The van der Waals surface area contributed by atoms with E-state index in [1.807, 2.05) is 24.3 Å². The maximum atomic E-state index is 8.47. The second-order valence-corrected chi connectivity index (χ2v) is 12.2. The zero-order valence-corrected chi connectivity index (χ0v) is 27.6. The Balaban J connectivity index is 0.000000150. The van der Waals surface area contributed by atoms with Crippen molar-refractivity contribution in [3.05, 3.63) is 85.2 Å². The van der Waals surface area contributed by atoms with Gasteiger partial charge in [0.25, 0.3) is 0 Å². The molecule has 4 aliphatic rings. The average Bonchev–Trinajstić information content (AvgIpc) is 3.95. The Bertz CT molecular complexity index is 1680. The summed E-state index contributed by atoms with van der Waals surface area (Å²) in [4.78, 5) is 26.2. The lowest BCUT2D eigenvalue weighted by Crippen LogP contribution is -2.27. The van der Waals surface area contributed by atoms with Crippen molar-refractivity contribution in [3.63, 3.8) is 0 Å². The number of nitrogens with zero attached hydrogens (tertiary/aromatic N) is 6. The van der Waals surface area contributed by atoms with E-state index in [4.69, 9.17) is 29.0 Å². The monoisotopic (exact) mass is 738 g/mol. The minimum absolute atomic E-state index is 0. The third-order valence-electron chi connectivity index (χ3n) is 6.53. The summed E-state index contributed by atoms with van der Waals surface area (Å²) in [6.07, 6.45) is 0. The van der Waals surface area contributed by atoms with Gasteiger partial charge in [-0.1, -0.05) is 29.4 Å². The molecule has 0 atom stereocenters. The van der Waals surface area contributed by atoms with Crippen molar-refractivity contribution >= 4 is 74.8 Å². The van der Waals surface area contributed by atoms with E-state index in [2.05, 4.69) is 62.7 Å². The van der Waals surface area contributed by atoms with E-state index >= 15 is 0 Å². The normalized spacial score (nSPS) is 15.9. The fraction of sp³-hybridized carbons (Fsp3) is 0.290. The van der Waals surface area contributed by atoms with Gasteiger partial charge in [0.05, 0.1) is 26.2 Å². The quantitative estimate of drug-likeness (QED) is 0.284. The fourth-order valence-corrected chi connectivity index (χ4v) is 6.21. The van der Waals surface area contributed by atoms with Crippen LogP contribution >= 0.6 is 38.6 Å². The molecule has 2 N–H and O–H groups in total. The number of rotatable bonds is 6. The van der Waals surface area contributed by atoms with Gasteiger partial charge in [-0.25, -0.2) is 29.9 Å². The van der Waals surface area contributed by atoms with Gasteiger partial charge in [-0.05, 0) is 68.4 Å². The van der Waals surface area contributed by atoms with Gasteiger partial charge in [-0.15, -0.1) is 0 Å². The largest absolute Gasteiger partial charge is 0.489 e. The number of hydrogen-bond acceptors (Lipinski definition) is 14. The van der Waals surface area contributed by atoms with Crippen molar-refractivity contribution in [1.82, 2.24) is 9.97 Å². The first kappa shape index (κ1) is 34.4. The molecule has 0 amide bonds. The van der Waals surface area contributed by atoms with Gasteiger partial charge in [0.15, 0.2) is 0 Å². The fourth-order valence-electron chi connectivity index (χ4n) is 4.44. The van der Waals surface area contributed by atoms with Crippen LogP contribution in [0.3, 0.4) is 0 Å². The van der Waals surface area contributed by atoms with Crippen molar-refractivity contribution in [2.45, 2.75) is 7.43 Å². The van der Waals surface area contributed by atoms with Crippen LogP contribution in [0.5, 0.6) is 0 Å². The van der Waals surface area contributed by atoms with Crippen LogP contribution in [0.4, 0.5) is 0 Å². The molecule has 0 saturated carbocycles. The third-order valence-corrected chi connectivity index (χ3v) is 8.37. The molecule has 4 aliphatic heterocycles. The van der Waals surface area contributed by atoms with Crippen LogP contribution < -0.4 is 5.46 Å². The van der Waals surface area contributed by atoms with Crippen molar-refractivity contribution in [3.8, 4) is 11.1 Å². The number of ether oxygens (including phenoxy) is 4. The molecule has 4 aromatic heterocycles. The van der Waals surface area contributed by atoms with E-state index in [0.29, 0.717) is 93.0 Å². The van der Waals surface area contributed by atoms with Gasteiger partial charge in [0.1, 0.15) is 49.2 Å². The lowest BCUT2D eigenvalue weighted by atomic mass is 9.83. The lowest BCUT2D eigenvalue weighted by Gasteiger charge is -2.08. The zero-order valence-electron chi connectivity index (χ0n) is 24.4. The summed E-state index contributed by atoms with van der Waals surface area (Å²) in [5.74, 6) is 2.39. The molecule has 244 valence electrons. The number of pyridine rings is 2. The predicted molar refractivity (Wildman–Crippen MR) is 190 cm³/mol. The van der Waals surface area contributed by atoms with Crippen LogP contribution in [0.2, 0.25) is 0 Å². The summed E-state index contributed by atoms with van der Waals surface area (Å²) in [5, 5.41) is 24.6. The SMILES string of the molecule is Brc1cc(C2=NCCO2)nc(C2=NCCO2)c1.C.OB(O)c1ccsc1.c1cc(-c2cc(C3=NCCO3)nc(C3=NCCO3)c2)cs1. The zero-order chi connectivity index (χ0) is 31.7. The van der Waals surface area contributed by atoms with Crippen LogP contribution in [-0.4, -0.2) is 103 Å². The summed E-state index contributed by atoms with van der Waals surface area (Å²) >= 11 is 6.56. The minimum atomic E-state index is -1.30. The van der Waals surface area contributed by atoms with Crippen molar-refractivity contribution in [1.29, 1.82) is 0 Å². The van der Waals surface area contributed by atoms with E-state index in [-0.39, 0.29) is 7.43 Å². The summed E-state index contributed by atoms with van der Waals surface area (Å²) in [6.45, 7) is 5.23. The number of thiophene rings is 2. The van der Waals surface area contributed by atoms with Crippen LogP contribution in [-0.2, 0) is 18.9 Å². The average molecular weight is 739 g/mol. The first-order valence-corrected chi connectivity index (χ1v) is 17.0. The number of aliphatic imine (C=N–C) groups is 4. The molecular formula is C31H32BBrN6O6S2. The Kier molecular flexibility index (Phi) is 12.2. The second kappa shape index (κ2) is 16.7. The summed E-state index contributed by atoms with van der Waals surface area (Å²) in [6, 6.07) is 11.5. The smallest absolute Gasteiger partial charge is 0.474 e. The van der Waals surface area contributed by atoms with E-state index in [0.717, 1.165) is 27.0 Å². The van der Waals surface area contributed by atoms with Crippen LogP contribution in [0.25, 0.3) is 11.1 Å². The Labute approximate surface area is 288 Å². The topological polar surface area (TPSA) is 153 Å². The van der Waals surface area contributed by atoms with Crippen molar-refractivity contribution in [2.24, 2.45) is 20.0 Å². The predicted octanol–water partition coefficient (Wildman–Crippen LogP) is 3.83. The Morgan fingerprint density at radius 1 is 0.596 bits per heavy atom. The maximum Gasteiger partial charge on any atom is 0.489 e. The molecule has 0 aromatic carbocycles. The first-order valence-electron chi connectivity index (χ1n) is 14.3. The highest BCUT2D eigenvalue weighted by Crippen LogP contribution is 2.25. The molecule has 8 rings (SSSR count). The van der Waals surface area contributed by atoms with Gasteiger partial charge in [-0.3, -0.25) is 0 Å². The standard InChI is InChI=1S/C15H13N3O2S.C11H10BrN3O2.C4H5BO2S.CH4/c1-6-21-9-10(1)11-7-12(14-16-2-4-19-14)18-13(8-11)15-17-3-5-20-15;12-7-5-8(10-13-1-3-16-10)15-9(6-7)11-14-2-4-17-11;6-5(7)4-1-2-8-3-4;/h1,6-9H,2-5H2;5-6H,1-4H2;1-3,6-7H;1H4. The summed E-state index contributed by atoms with van der Waals surface area (Å²) in [7, 11) is -1.30. The lowest BCUT2D eigenvalue weighted by molar-refractivity contribution is 0.345. The molecule has 0 aliphatic carbocycles. The molecule has 12 nitrogen and oxygen atoms in total. The minimum Gasteiger partial charge on any atom is -0.474 e. The van der Waals surface area contributed by atoms with E-state index in [1.165, 1.54) is 11.3 Å². The molecule has 0 fully saturated rings. The molecule has 0 bridgehead atoms. The van der Waals surface area contributed by atoms with Crippen LogP contribution in [0, 0.1) is 0 Å². The third kappa shape index (κ3) is 9.11. The second-order valence-electron chi connectivity index (χ2n) is 9.77. The number of hydrogen-bond donors (Lipinski definition) is 2. The molecule has 0 saturated heterocycles. The van der Waals surface area contributed by atoms with Crippen LogP contribution in [0.15, 0.2) is 82.4 Å². The van der Waals surface area contributed by atoms with Gasteiger partial charge < -0.3 is 29.0 Å². The molecule has 8 heterocycles. The maximum absolute atomic E-state index is 8.47. The van der Waals surface area contributed by atoms with E-state index < -0.39 is 7.12 Å². The van der Waals surface area contributed by atoms with Crippen molar-refractivity contribution in [2.75, 3.05) is 52.6 Å². The highest BCUT2D eigenvalue weighted by Gasteiger charge is 2.20. The Hall–Kier alpha value is -3.96. The molecule has 0 spiro atoms. The number of halogens is 1. The molecule has 47 heavy (non-hydrogen) atoms. The highest BCUT2D eigenvalue weighted by atomic mass is 79.9. The van der Waals surface area contributed by atoms with E-state index in [1.54, 1.807) is 28.2 Å². The van der Waals surface area contributed by atoms with Gasteiger partial charge in [0, 0.05) is 4.47 Å². The molecule has 0 unspecified atom stereocenters. The van der Waals surface area contributed by atoms with E-state index in [9.17, 15) is 0 Å². The number of aromatic nitrogens is 2. The summed E-state index contributed by atoms with van der Waals surface area (Å²) < 4.78 is 22.8. The van der Waals surface area contributed by atoms with Crippen LogP contribution in [0.1, 0.15) is 30.2 Å². The summed E-state index contributed by atoms with van der Waals surface area (Å²) in [5.41, 5.74) is 5.70. The van der Waals surface area contributed by atoms with Gasteiger partial charge >= 0.3 is 7.12 Å². The molecular weight excluding hydrogens is 707 g/mol. The Morgan fingerprint density at radius 3 is 1.34 bits per heavy atom. The Morgan fingerprint density at radius 2 is 1.02 bits per heavy atom. The van der Waals surface area contributed by atoms with Gasteiger partial charge in [0.2, 0.25) is 23.6 Å². The molecule has 16 heteroatoms.